The summed E-state index contributed by atoms with van der Waals surface area (Å²) < 4.78 is 56.1. The molecule has 1 aliphatic rings. The largest absolute Gasteiger partial charge is 0.493 e. The Balaban J connectivity index is 1.70. The van der Waals surface area contributed by atoms with Gasteiger partial charge in [-0.05, 0) is 57.5 Å². The van der Waals surface area contributed by atoms with Gasteiger partial charge in [0, 0.05) is 12.5 Å². The van der Waals surface area contributed by atoms with E-state index in [0.29, 0.717) is 18.7 Å². The fourth-order valence-electron chi connectivity index (χ4n) is 3.33. The Morgan fingerprint density at radius 1 is 1.30 bits per heavy atom. The summed E-state index contributed by atoms with van der Waals surface area (Å²) in [4.78, 5) is 17.1. The Morgan fingerprint density at radius 3 is 2.73 bits per heavy atom. The zero-order chi connectivity index (χ0) is 21.7. The minimum Gasteiger partial charge on any atom is -0.493 e. The highest BCUT2D eigenvalue weighted by Gasteiger charge is 2.35. The number of nitrogens with zero attached hydrogens (tertiary/aromatic N) is 3. The molecule has 1 fully saturated rings. The van der Waals surface area contributed by atoms with Crippen molar-refractivity contribution in [3.05, 3.63) is 29.7 Å². The van der Waals surface area contributed by atoms with Crippen LogP contribution in [0.1, 0.15) is 50.1 Å². The standard InChI is InChI=1S/C20H24F3N3O4/c1-13(27)28-10-3-4-11-29-17-8-7-14(12-15(17)20(21,22)23)18-24-19(30-25-18)16-6-5-9-26(16)2/h7-8,12,16H,3-6,9-11H2,1-2H3. The van der Waals surface area contributed by atoms with Gasteiger partial charge in [-0.2, -0.15) is 18.2 Å². The summed E-state index contributed by atoms with van der Waals surface area (Å²) in [6.07, 6.45) is -1.77. The van der Waals surface area contributed by atoms with E-state index >= 15 is 0 Å². The maximum absolute atomic E-state index is 13.6. The first-order chi connectivity index (χ1) is 14.3. The number of ether oxygens (including phenoxy) is 2. The fraction of sp³-hybridized carbons (Fsp3) is 0.550. The van der Waals surface area contributed by atoms with Gasteiger partial charge in [0.25, 0.3) is 0 Å². The average molecular weight is 427 g/mol. The van der Waals surface area contributed by atoms with Crippen molar-refractivity contribution in [2.45, 2.75) is 44.8 Å². The van der Waals surface area contributed by atoms with Gasteiger partial charge in [0.1, 0.15) is 5.75 Å². The van der Waals surface area contributed by atoms with E-state index in [0.717, 1.165) is 25.5 Å². The monoisotopic (exact) mass is 427 g/mol. The first-order valence-electron chi connectivity index (χ1n) is 9.77. The lowest BCUT2D eigenvalue weighted by atomic mass is 10.1. The third-order valence-electron chi connectivity index (χ3n) is 4.89. The first kappa shape index (κ1) is 22.1. The number of esters is 1. The second kappa shape index (κ2) is 9.46. The SMILES string of the molecule is CC(=O)OCCCCOc1ccc(-c2noc(C3CCCN3C)n2)cc1C(F)(F)F. The first-order valence-corrected chi connectivity index (χ1v) is 9.77. The highest BCUT2D eigenvalue weighted by Crippen LogP contribution is 2.39. The summed E-state index contributed by atoms with van der Waals surface area (Å²) in [6.45, 7) is 2.49. The number of halogens is 3. The van der Waals surface area contributed by atoms with Gasteiger partial charge in [-0.3, -0.25) is 9.69 Å². The number of likely N-dealkylation sites (tertiary alicyclic amines) is 1. The number of alkyl halides is 3. The predicted molar refractivity (Wildman–Crippen MR) is 101 cm³/mol. The molecule has 7 nitrogen and oxygen atoms in total. The number of carbonyl (C=O) groups is 1. The van der Waals surface area contributed by atoms with Gasteiger partial charge in [-0.1, -0.05) is 5.16 Å². The molecule has 3 rings (SSSR count). The second-order valence-corrected chi connectivity index (χ2v) is 7.20. The Labute approximate surface area is 172 Å². The van der Waals surface area contributed by atoms with Crippen LogP contribution >= 0.6 is 0 Å². The van der Waals surface area contributed by atoms with Gasteiger partial charge in [0.05, 0.1) is 24.8 Å². The van der Waals surface area contributed by atoms with E-state index < -0.39 is 17.7 Å². The molecular formula is C20H24F3N3O4. The molecule has 164 valence electrons. The molecule has 0 radical (unpaired) electrons. The topological polar surface area (TPSA) is 77.7 Å². The maximum atomic E-state index is 13.6. The molecule has 1 aromatic heterocycles. The Bertz CT molecular complexity index is 869. The Kier molecular flexibility index (Phi) is 6.96. The average Bonchev–Trinajstić information content (AvgIpc) is 3.32. The minimum absolute atomic E-state index is 0.0112. The smallest absolute Gasteiger partial charge is 0.419 e. The van der Waals surface area contributed by atoms with Gasteiger partial charge in [-0.25, -0.2) is 0 Å². The van der Waals surface area contributed by atoms with Crippen LogP contribution in [0.25, 0.3) is 11.4 Å². The highest BCUT2D eigenvalue weighted by atomic mass is 19.4. The molecule has 2 aromatic rings. The van der Waals surface area contributed by atoms with Crippen LogP contribution in [0.5, 0.6) is 5.75 Å². The number of aromatic nitrogens is 2. The lowest BCUT2D eigenvalue weighted by Gasteiger charge is -2.15. The molecule has 0 aliphatic carbocycles. The van der Waals surface area contributed by atoms with E-state index in [4.69, 9.17) is 14.0 Å². The Morgan fingerprint density at radius 2 is 2.07 bits per heavy atom. The van der Waals surface area contributed by atoms with E-state index in [-0.39, 0.29) is 36.4 Å². The number of unbranched alkanes of at least 4 members (excludes halogenated alkanes) is 1. The van der Waals surface area contributed by atoms with Crippen LogP contribution in [0, 0.1) is 0 Å². The summed E-state index contributed by atoms with van der Waals surface area (Å²) in [5, 5.41) is 3.87. The molecule has 10 heteroatoms. The summed E-state index contributed by atoms with van der Waals surface area (Å²) in [5.74, 6) is -0.136. The van der Waals surface area contributed by atoms with Gasteiger partial charge in [-0.15, -0.1) is 0 Å². The van der Waals surface area contributed by atoms with Crippen molar-refractivity contribution in [1.29, 1.82) is 0 Å². The molecule has 0 spiro atoms. The van der Waals surface area contributed by atoms with Crippen molar-refractivity contribution in [1.82, 2.24) is 15.0 Å². The molecule has 1 unspecified atom stereocenters. The quantitative estimate of drug-likeness (QED) is 0.461. The van der Waals surface area contributed by atoms with Crippen molar-refractivity contribution in [3.8, 4) is 17.1 Å². The van der Waals surface area contributed by atoms with Crippen LogP contribution in [-0.2, 0) is 15.7 Å². The van der Waals surface area contributed by atoms with Gasteiger partial charge >= 0.3 is 12.1 Å². The predicted octanol–water partition coefficient (Wildman–Crippen LogP) is 4.24. The zero-order valence-electron chi connectivity index (χ0n) is 16.9. The van der Waals surface area contributed by atoms with Crippen LogP contribution in [0.4, 0.5) is 13.2 Å². The van der Waals surface area contributed by atoms with Crippen molar-refractivity contribution < 1.29 is 32.0 Å². The van der Waals surface area contributed by atoms with E-state index in [9.17, 15) is 18.0 Å². The molecule has 0 bridgehead atoms. The van der Waals surface area contributed by atoms with Crippen LogP contribution in [0.15, 0.2) is 22.7 Å². The molecule has 30 heavy (non-hydrogen) atoms. The maximum Gasteiger partial charge on any atom is 0.419 e. The van der Waals surface area contributed by atoms with Crippen LogP contribution in [0.2, 0.25) is 0 Å². The molecule has 1 atom stereocenters. The van der Waals surface area contributed by atoms with Gasteiger partial charge in [0.15, 0.2) is 0 Å². The van der Waals surface area contributed by atoms with Crippen molar-refractivity contribution in [3.63, 3.8) is 0 Å². The number of benzene rings is 1. The van der Waals surface area contributed by atoms with E-state index in [1.807, 2.05) is 7.05 Å². The third kappa shape index (κ3) is 5.50. The molecule has 2 heterocycles. The van der Waals surface area contributed by atoms with Gasteiger partial charge in [0.2, 0.25) is 11.7 Å². The molecule has 1 aliphatic heterocycles. The Hall–Kier alpha value is -2.62. The molecular weight excluding hydrogens is 403 g/mol. The number of carbonyl (C=O) groups excluding carboxylic acids is 1. The number of rotatable bonds is 8. The normalized spacial score (nSPS) is 17.3. The third-order valence-corrected chi connectivity index (χ3v) is 4.89. The molecule has 1 aromatic carbocycles. The minimum atomic E-state index is -4.60. The van der Waals surface area contributed by atoms with E-state index in [1.54, 1.807) is 0 Å². The van der Waals surface area contributed by atoms with Crippen molar-refractivity contribution in [2.24, 2.45) is 0 Å². The summed E-state index contributed by atoms with van der Waals surface area (Å²) in [7, 11) is 1.95. The summed E-state index contributed by atoms with van der Waals surface area (Å²) >= 11 is 0. The molecule has 0 amide bonds. The van der Waals surface area contributed by atoms with Gasteiger partial charge < -0.3 is 14.0 Å². The van der Waals surface area contributed by atoms with E-state index in [1.165, 1.54) is 19.1 Å². The van der Waals surface area contributed by atoms with Crippen molar-refractivity contribution >= 4 is 5.97 Å². The number of hydrogen-bond acceptors (Lipinski definition) is 7. The lowest BCUT2D eigenvalue weighted by Crippen LogP contribution is -2.17. The van der Waals surface area contributed by atoms with Crippen LogP contribution < -0.4 is 4.74 Å². The number of hydrogen-bond donors (Lipinski definition) is 0. The van der Waals surface area contributed by atoms with Crippen LogP contribution in [-0.4, -0.2) is 47.8 Å². The summed E-state index contributed by atoms with van der Waals surface area (Å²) in [6, 6.07) is 3.71. The lowest BCUT2D eigenvalue weighted by molar-refractivity contribution is -0.141. The summed E-state index contributed by atoms with van der Waals surface area (Å²) in [5.41, 5.74) is -0.690. The molecule has 0 N–H and O–H groups in total. The molecule has 0 saturated carbocycles. The second-order valence-electron chi connectivity index (χ2n) is 7.20. The molecule has 1 saturated heterocycles. The van der Waals surface area contributed by atoms with E-state index in [2.05, 4.69) is 15.0 Å². The van der Waals surface area contributed by atoms with Crippen molar-refractivity contribution in [2.75, 3.05) is 26.8 Å². The fourth-order valence-corrected chi connectivity index (χ4v) is 3.33. The zero-order valence-corrected chi connectivity index (χ0v) is 16.9. The van der Waals surface area contributed by atoms with Crippen LogP contribution in [0.3, 0.4) is 0 Å². The highest BCUT2D eigenvalue weighted by molar-refractivity contribution is 5.65.